The molecule has 0 spiro atoms. The predicted octanol–water partition coefficient (Wildman–Crippen LogP) is -0.221. The second-order valence-electron chi connectivity index (χ2n) is 4.57. The molecule has 0 aliphatic rings. The maximum absolute atomic E-state index is 10.6. The Morgan fingerprint density at radius 1 is 1.43 bits per heavy atom. The van der Waals surface area contributed by atoms with Gasteiger partial charge in [-0.05, 0) is 19.3 Å². The van der Waals surface area contributed by atoms with Gasteiger partial charge in [0.1, 0.15) is 6.04 Å². The molecule has 0 radical (unpaired) electrons. The fraction of sp³-hybridized carbons (Fsp3) is 0.889. The second kappa shape index (κ2) is 5.95. The van der Waals surface area contributed by atoms with Crippen molar-refractivity contribution < 1.29 is 14.4 Å². The third-order valence-electron chi connectivity index (χ3n) is 2.07. The highest BCUT2D eigenvalue weighted by atomic mass is 16.4. The molecule has 84 valence electrons. The fourth-order valence-corrected chi connectivity index (χ4v) is 1.21. The Kier molecular flexibility index (Phi) is 5.68. The SMILES string of the molecule is C[N+](C)(C)CCCC[C@@H](NN)C(=O)O. The summed E-state index contributed by atoms with van der Waals surface area (Å²) in [5, 5.41) is 8.69. The summed E-state index contributed by atoms with van der Waals surface area (Å²) in [4.78, 5) is 10.6. The van der Waals surface area contributed by atoms with E-state index in [-0.39, 0.29) is 0 Å². The molecule has 14 heavy (non-hydrogen) atoms. The number of nitrogens with zero attached hydrogens (tertiary/aromatic N) is 1. The normalized spacial score (nSPS) is 14.0. The van der Waals surface area contributed by atoms with Gasteiger partial charge in [-0.1, -0.05) is 0 Å². The Bertz CT molecular complexity index is 177. The van der Waals surface area contributed by atoms with Crippen LogP contribution >= 0.6 is 0 Å². The molecule has 5 nitrogen and oxygen atoms in total. The number of nitrogens with two attached hydrogens (primary N) is 1. The number of rotatable bonds is 7. The number of carboxylic acid groups (broad SMARTS) is 1. The highest BCUT2D eigenvalue weighted by molar-refractivity contribution is 5.73. The van der Waals surface area contributed by atoms with Crippen molar-refractivity contribution in [3.05, 3.63) is 0 Å². The standard InChI is InChI=1S/C9H21N3O2/c1-12(2,3)7-5-4-6-8(11-10)9(13)14/h8,11H,4-7,10H2,1-3H3/p+1/t8-/m1/s1. The lowest BCUT2D eigenvalue weighted by Gasteiger charge is -2.23. The first kappa shape index (κ1) is 13.4. The number of hydrogen-bond donors (Lipinski definition) is 3. The van der Waals surface area contributed by atoms with Crippen LogP contribution in [0.15, 0.2) is 0 Å². The summed E-state index contributed by atoms with van der Waals surface area (Å²) in [5.41, 5.74) is 2.29. The van der Waals surface area contributed by atoms with Crippen molar-refractivity contribution in [2.75, 3.05) is 27.7 Å². The molecule has 0 bridgehead atoms. The largest absolute Gasteiger partial charge is 0.480 e. The van der Waals surface area contributed by atoms with Crippen molar-refractivity contribution in [3.8, 4) is 0 Å². The zero-order valence-corrected chi connectivity index (χ0v) is 9.29. The minimum absolute atomic E-state index is 0.589. The molecule has 4 N–H and O–H groups in total. The van der Waals surface area contributed by atoms with E-state index in [2.05, 4.69) is 26.6 Å². The van der Waals surface area contributed by atoms with Crippen molar-refractivity contribution in [1.82, 2.24) is 5.43 Å². The van der Waals surface area contributed by atoms with Crippen LogP contribution in [0, 0.1) is 0 Å². The summed E-state index contributed by atoms with van der Waals surface area (Å²) in [6, 6.07) is -0.609. The Labute approximate surface area is 85.4 Å². The van der Waals surface area contributed by atoms with Gasteiger partial charge in [0.25, 0.3) is 0 Å². The average molecular weight is 204 g/mol. The summed E-state index contributed by atoms with van der Waals surface area (Å²) < 4.78 is 0.911. The van der Waals surface area contributed by atoms with E-state index in [1.165, 1.54) is 0 Å². The van der Waals surface area contributed by atoms with Crippen LogP contribution < -0.4 is 11.3 Å². The molecule has 0 heterocycles. The summed E-state index contributed by atoms with van der Waals surface area (Å²) in [7, 11) is 6.36. The molecular formula is C9H22N3O2+. The molecule has 0 saturated carbocycles. The van der Waals surface area contributed by atoms with E-state index in [4.69, 9.17) is 10.9 Å². The van der Waals surface area contributed by atoms with Gasteiger partial charge in [0.05, 0.1) is 27.7 Å². The van der Waals surface area contributed by atoms with E-state index in [1.807, 2.05) is 0 Å². The number of aliphatic carboxylic acids is 1. The third kappa shape index (κ3) is 6.82. The first-order valence-electron chi connectivity index (χ1n) is 4.86. The van der Waals surface area contributed by atoms with E-state index in [1.54, 1.807) is 0 Å². The molecule has 5 heteroatoms. The van der Waals surface area contributed by atoms with Crippen molar-refractivity contribution in [2.24, 2.45) is 5.84 Å². The lowest BCUT2D eigenvalue weighted by atomic mass is 10.1. The average Bonchev–Trinajstić information content (AvgIpc) is 2.01. The molecule has 0 aliphatic carbocycles. The van der Waals surface area contributed by atoms with Crippen LogP contribution in [0.4, 0.5) is 0 Å². The topological polar surface area (TPSA) is 75.3 Å². The van der Waals surface area contributed by atoms with Gasteiger partial charge in [-0.15, -0.1) is 0 Å². The molecular weight excluding hydrogens is 182 g/mol. The first-order chi connectivity index (χ1) is 6.37. The minimum Gasteiger partial charge on any atom is -0.480 e. The minimum atomic E-state index is -0.877. The van der Waals surface area contributed by atoms with Crippen LogP contribution in [-0.4, -0.2) is 49.3 Å². The van der Waals surface area contributed by atoms with Crippen LogP contribution in [0.2, 0.25) is 0 Å². The molecule has 0 fully saturated rings. The quantitative estimate of drug-likeness (QED) is 0.232. The van der Waals surface area contributed by atoms with Gasteiger partial charge >= 0.3 is 5.97 Å². The molecule has 1 atom stereocenters. The van der Waals surface area contributed by atoms with Crippen LogP contribution in [0.1, 0.15) is 19.3 Å². The summed E-state index contributed by atoms with van der Waals surface area (Å²) >= 11 is 0. The van der Waals surface area contributed by atoms with Gasteiger partial charge in [0, 0.05) is 0 Å². The van der Waals surface area contributed by atoms with Gasteiger partial charge in [-0.2, -0.15) is 0 Å². The van der Waals surface area contributed by atoms with Gasteiger partial charge in [0.2, 0.25) is 0 Å². The Hall–Kier alpha value is -0.650. The highest BCUT2D eigenvalue weighted by Crippen LogP contribution is 2.03. The highest BCUT2D eigenvalue weighted by Gasteiger charge is 2.15. The molecule has 0 saturated heterocycles. The van der Waals surface area contributed by atoms with Crippen molar-refractivity contribution in [1.29, 1.82) is 0 Å². The van der Waals surface area contributed by atoms with Gasteiger partial charge in [-0.3, -0.25) is 10.6 Å². The van der Waals surface area contributed by atoms with Crippen LogP contribution in [0.25, 0.3) is 0 Å². The lowest BCUT2D eigenvalue weighted by molar-refractivity contribution is -0.870. The van der Waals surface area contributed by atoms with E-state index in [0.717, 1.165) is 23.9 Å². The predicted molar refractivity (Wildman–Crippen MR) is 55.5 cm³/mol. The number of hydrogen-bond acceptors (Lipinski definition) is 3. The summed E-state index contributed by atoms with van der Waals surface area (Å²) in [5.74, 6) is 4.23. The maximum Gasteiger partial charge on any atom is 0.322 e. The number of carboxylic acids is 1. The van der Waals surface area contributed by atoms with Crippen LogP contribution in [0.3, 0.4) is 0 Å². The monoisotopic (exact) mass is 204 g/mol. The molecule has 0 unspecified atom stereocenters. The maximum atomic E-state index is 10.6. The first-order valence-corrected chi connectivity index (χ1v) is 4.86. The lowest BCUT2D eigenvalue weighted by Crippen LogP contribution is -2.41. The molecule has 0 aromatic carbocycles. The van der Waals surface area contributed by atoms with Crippen molar-refractivity contribution in [3.63, 3.8) is 0 Å². The molecule has 0 aromatic rings. The van der Waals surface area contributed by atoms with Crippen LogP contribution in [0.5, 0.6) is 0 Å². The third-order valence-corrected chi connectivity index (χ3v) is 2.07. The second-order valence-corrected chi connectivity index (χ2v) is 4.57. The summed E-state index contributed by atoms with van der Waals surface area (Å²) in [6.07, 6.45) is 2.50. The zero-order chi connectivity index (χ0) is 11.2. The van der Waals surface area contributed by atoms with Crippen molar-refractivity contribution >= 4 is 5.97 Å². The van der Waals surface area contributed by atoms with Gasteiger partial charge in [-0.25, -0.2) is 5.43 Å². The molecule has 0 aliphatic heterocycles. The Morgan fingerprint density at radius 3 is 2.36 bits per heavy atom. The smallest absolute Gasteiger partial charge is 0.322 e. The summed E-state index contributed by atoms with van der Waals surface area (Å²) in [6.45, 7) is 1.05. The van der Waals surface area contributed by atoms with E-state index in [0.29, 0.717) is 6.42 Å². The van der Waals surface area contributed by atoms with E-state index in [9.17, 15) is 4.79 Å². The van der Waals surface area contributed by atoms with Gasteiger partial charge < -0.3 is 9.59 Å². The number of unbranched alkanes of at least 4 members (excludes halogenated alkanes) is 1. The van der Waals surface area contributed by atoms with E-state index < -0.39 is 12.0 Å². The molecule has 0 aromatic heterocycles. The number of hydrazine groups is 1. The number of nitrogens with one attached hydrogen (secondary N) is 1. The Balaban J connectivity index is 3.58. The zero-order valence-electron chi connectivity index (χ0n) is 9.29. The molecule has 0 rings (SSSR count). The Morgan fingerprint density at radius 2 is 2.00 bits per heavy atom. The molecule has 0 amide bonds. The number of quaternary nitrogens is 1. The van der Waals surface area contributed by atoms with E-state index >= 15 is 0 Å². The fourth-order valence-electron chi connectivity index (χ4n) is 1.21. The van der Waals surface area contributed by atoms with Crippen molar-refractivity contribution in [2.45, 2.75) is 25.3 Å². The van der Waals surface area contributed by atoms with Gasteiger partial charge in [0.15, 0.2) is 0 Å². The van der Waals surface area contributed by atoms with Crippen LogP contribution in [-0.2, 0) is 4.79 Å². The number of carbonyl (C=O) groups is 1.